The molecule has 0 N–H and O–H groups in total. The molecule has 0 aliphatic carbocycles. The molecule has 1 saturated heterocycles. The van der Waals surface area contributed by atoms with Gasteiger partial charge in [-0.3, -0.25) is 9.69 Å². The zero-order chi connectivity index (χ0) is 20.5. The molecule has 4 rings (SSSR count). The second kappa shape index (κ2) is 8.02. The van der Waals surface area contributed by atoms with E-state index in [0.717, 1.165) is 21.8 Å². The Morgan fingerprint density at radius 2 is 2.07 bits per heavy atom. The Kier molecular flexibility index (Phi) is 5.44. The molecule has 0 radical (unpaired) electrons. The van der Waals surface area contributed by atoms with E-state index in [2.05, 4.69) is 11.0 Å². The fourth-order valence-electron chi connectivity index (χ4n) is 3.72. The number of carbonyl (C=O) groups excluding carboxylic acids is 1. The van der Waals surface area contributed by atoms with Gasteiger partial charge in [-0.1, -0.05) is 47.6 Å². The van der Waals surface area contributed by atoms with Gasteiger partial charge in [-0.25, -0.2) is 0 Å². The molecule has 0 saturated carbocycles. The average Bonchev–Trinajstić information content (AvgIpc) is 2.75. The zero-order valence-electron chi connectivity index (χ0n) is 16.2. The number of aryl methyl sites for hydroxylation is 1. The lowest BCUT2D eigenvalue weighted by Crippen LogP contribution is -2.47. The van der Waals surface area contributed by atoms with Crippen molar-refractivity contribution in [2.24, 2.45) is 0 Å². The van der Waals surface area contributed by atoms with E-state index in [-0.39, 0.29) is 18.2 Å². The molecule has 1 atom stereocenters. The smallest absolute Gasteiger partial charge is 0.229 e. The summed E-state index contributed by atoms with van der Waals surface area (Å²) in [6.45, 7) is 2.37. The van der Waals surface area contributed by atoms with Gasteiger partial charge in [0.1, 0.15) is 5.75 Å². The summed E-state index contributed by atoms with van der Waals surface area (Å²) >= 11 is 7.79. The van der Waals surface area contributed by atoms with Gasteiger partial charge in [0.05, 0.1) is 36.3 Å². The van der Waals surface area contributed by atoms with Crippen LogP contribution in [0.25, 0.3) is 0 Å². The summed E-state index contributed by atoms with van der Waals surface area (Å²) in [4.78, 5) is 16.9. The van der Waals surface area contributed by atoms with Gasteiger partial charge in [0.2, 0.25) is 5.91 Å². The average molecular weight is 426 g/mol. The summed E-state index contributed by atoms with van der Waals surface area (Å²) in [6, 6.07) is 15.9. The zero-order valence-corrected chi connectivity index (χ0v) is 17.8. The number of allylic oxidation sites excluding steroid dienone is 1. The minimum atomic E-state index is -0.289. The molecular weight excluding hydrogens is 406 g/mol. The van der Waals surface area contributed by atoms with Crippen LogP contribution in [-0.2, 0) is 4.79 Å². The lowest BCUT2D eigenvalue weighted by Gasteiger charge is -2.42. The first-order valence-corrected chi connectivity index (χ1v) is 10.6. The SMILES string of the molecule is COc1ccccc1[C@H]1CC(=O)N2CN(c3ccc(C)c(Cl)c3)CSC2=C1C#N. The van der Waals surface area contributed by atoms with Crippen LogP contribution in [0, 0.1) is 18.3 Å². The second-order valence-electron chi connectivity index (χ2n) is 7.04. The number of fused-ring (bicyclic) bond motifs is 1. The van der Waals surface area contributed by atoms with Crippen LogP contribution in [0.2, 0.25) is 5.02 Å². The second-order valence-corrected chi connectivity index (χ2v) is 8.38. The number of nitrogens with zero attached hydrogens (tertiary/aromatic N) is 3. The first-order valence-electron chi connectivity index (χ1n) is 9.25. The first-order chi connectivity index (χ1) is 14.0. The van der Waals surface area contributed by atoms with Crippen molar-refractivity contribution in [1.82, 2.24) is 4.90 Å². The highest BCUT2D eigenvalue weighted by Gasteiger charge is 2.39. The fraction of sp³-hybridized carbons (Fsp3) is 0.273. The third kappa shape index (κ3) is 3.57. The summed E-state index contributed by atoms with van der Waals surface area (Å²) in [5.41, 5.74) is 3.48. The van der Waals surface area contributed by atoms with Crippen LogP contribution < -0.4 is 9.64 Å². The van der Waals surface area contributed by atoms with Crippen molar-refractivity contribution >= 4 is 35.0 Å². The van der Waals surface area contributed by atoms with Crippen molar-refractivity contribution < 1.29 is 9.53 Å². The number of rotatable bonds is 3. The van der Waals surface area contributed by atoms with Crippen molar-refractivity contribution in [2.75, 3.05) is 24.6 Å². The molecule has 2 aromatic carbocycles. The molecule has 5 nitrogen and oxygen atoms in total. The number of methoxy groups -OCH3 is 1. The van der Waals surface area contributed by atoms with Crippen molar-refractivity contribution in [3.63, 3.8) is 0 Å². The summed E-state index contributed by atoms with van der Waals surface area (Å²) in [5, 5.41) is 11.4. The van der Waals surface area contributed by atoms with Gasteiger partial charge in [-0.05, 0) is 30.7 Å². The maximum atomic E-state index is 13.0. The lowest BCUT2D eigenvalue weighted by molar-refractivity contribution is -0.129. The highest BCUT2D eigenvalue weighted by atomic mass is 35.5. The summed E-state index contributed by atoms with van der Waals surface area (Å²) < 4.78 is 5.47. The molecule has 2 heterocycles. The molecule has 29 heavy (non-hydrogen) atoms. The van der Waals surface area contributed by atoms with E-state index >= 15 is 0 Å². The molecule has 1 fully saturated rings. The number of nitriles is 1. The summed E-state index contributed by atoms with van der Waals surface area (Å²) in [5.74, 6) is 1.06. The van der Waals surface area contributed by atoms with Crippen molar-refractivity contribution in [3.8, 4) is 11.8 Å². The third-order valence-electron chi connectivity index (χ3n) is 5.33. The molecule has 0 bridgehead atoms. The normalized spacial score (nSPS) is 19.1. The highest BCUT2D eigenvalue weighted by molar-refractivity contribution is 8.03. The van der Waals surface area contributed by atoms with E-state index in [1.54, 1.807) is 12.0 Å². The van der Waals surface area contributed by atoms with Gasteiger partial charge in [0.25, 0.3) is 0 Å². The first kappa shape index (κ1) is 19.7. The summed E-state index contributed by atoms with van der Waals surface area (Å²) in [6.07, 6.45) is 0.246. The Hall–Kier alpha value is -2.62. The fourth-order valence-corrected chi connectivity index (χ4v) is 5.07. The van der Waals surface area contributed by atoms with E-state index in [9.17, 15) is 10.1 Å². The van der Waals surface area contributed by atoms with Crippen molar-refractivity contribution in [1.29, 1.82) is 5.26 Å². The van der Waals surface area contributed by atoms with Gasteiger partial charge < -0.3 is 9.64 Å². The molecular formula is C22H20ClN3O2S. The van der Waals surface area contributed by atoms with Crippen LogP contribution in [0.3, 0.4) is 0 Å². The van der Waals surface area contributed by atoms with Gasteiger partial charge in [-0.2, -0.15) is 5.26 Å². The molecule has 148 valence electrons. The Labute approximate surface area is 179 Å². The molecule has 0 unspecified atom stereocenters. The topological polar surface area (TPSA) is 56.6 Å². The van der Waals surface area contributed by atoms with Crippen LogP contribution >= 0.6 is 23.4 Å². The number of thioether (sulfide) groups is 1. The van der Waals surface area contributed by atoms with Crippen LogP contribution in [0.5, 0.6) is 5.75 Å². The van der Waals surface area contributed by atoms with E-state index in [1.165, 1.54) is 11.8 Å². The number of carbonyl (C=O) groups is 1. The molecule has 2 aromatic rings. The molecule has 2 aliphatic rings. The predicted octanol–water partition coefficient (Wildman–Crippen LogP) is 4.88. The van der Waals surface area contributed by atoms with Gasteiger partial charge in [-0.15, -0.1) is 0 Å². The van der Waals surface area contributed by atoms with Crippen LogP contribution in [-0.4, -0.2) is 30.5 Å². The number of hydrogen-bond acceptors (Lipinski definition) is 5. The number of amides is 1. The van der Waals surface area contributed by atoms with E-state index < -0.39 is 0 Å². The van der Waals surface area contributed by atoms with Gasteiger partial charge in [0.15, 0.2) is 0 Å². The predicted molar refractivity (Wildman–Crippen MR) is 116 cm³/mol. The highest BCUT2D eigenvalue weighted by Crippen LogP contribution is 2.45. The maximum absolute atomic E-state index is 13.0. The van der Waals surface area contributed by atoms with Gasteiger partial charge in [0, 0.05) is 28.6 Å². The van der Waals surface area contributed by atoms with Gasteiger partial charge >= 0.3 is 0 Å². The van der Waals surface area contributed by atoms with E-state index in [4.69, 9.17) is 16.3 Å². The Balaban J connectivity index is 1.68. The number of hydrogen-bond donors (Lipinski definition) is 0. The molecule has 7 heteroatoms. The summed E-state index contributed by atoms with van der Waals surface area (Å²) in [7, 11) is 1.61. The molecule has 2 aliphatic heterocycles. The Morgan fingerprint density at radius 1 is 1.28 bits per heavy atom. The van der Waals surface area contributed by atoms with Crippen LogP contribution in [0.4, 0.5) is 5.69 Å². The maximum Gasteiger partial charge on any atom is 0.229 e. The van der Waals surface area contributed by atoms with Crippen LogP contribution in [0.1, 0.15) is 23.5 Å². The number of halogens is 1. The standard InChI is InChI=1S/C22H20ClN3O2S/c1-14-7-8-15(9-19(14)23)25-12-26-21(27)10-17(18(11-24)22(26)29-13-25)16-5-3-4-6-20(16)28-2/h3-9,17H,10,12-13H2,1-2H3/t17-/m1/s1. The molecule has 0 spiro atoms. The minimum Gasteiger partial charge on any atom is -0.496 e. The largest absolute Gasteiger partial charge is 0.496 e. The third-order valence-corrected chi connectivity index (χ3v) is 6.89. The Bertz CT molecular complexity index is 1050. The van der Waals surface area contributed by atoms with Crippen molar-refractivity contribution in [2.45, 2.75) is 19.3 Å². The minimum absolute atomic E-state index is 0.00492. The quantitative estimate of drug-likeness (QED) is 0.701. The lowest BCUT2D eigenvalue weighted by atomic mass is 9.86. The number of ether oxygens (including phenoxy) is 1. The number of anilines is 1. The van der Waals surface area contributed by atoms with E-state index in [1.807, 2.05) is 49.4 Å². The molecule has 1 amide bonds. The van der Waals surface area contributed by atoms with Crippen LogP contribution in [0.15, 0.2) is 53.1 Å². The van der Waals surface area contributed by atoms with E-state index in [0.29, 0.717) is 28.9 Å². The Morgan fingerprint density at radius 3 is 2.79 bits per heavy atom. The molecule has 0 aromatic heterocycles. The monoisotopic (exact) mass is 425 g/mol. The number of benzene rings is 2. The number of para-hydroxylation sites is 1. The van der Waals surface area contributed by atoms with Crippen molar-refractivity contribution in [3.05, 3.63) is 69.2 Å².